The largest absolute Gasteiger partial charge is 0.312 e. The Bertz CT molecular complexity index is 356. The summed E-state index contributed by atoms with van der Waals surface area (Å²) in [5.41, 5.74) is 1.94. The standard InChI is InChI=1S/C14H24N2S3/c1-4-5-16-13(6-12-7-15-9-18-12)14-8-17-10(2)11(3)19-14/h7,9-11,13-14,16H,4-6,8H2,1-3H3. The van der Waals surface area contributed by atoms with Crippen LogP contribution in [0.5, 0.6) is 0 Å². The number of thiazole rings is 1. The van der Waals surface area contributed by atoms with Crippen LogP contribution in [0.15, 0.2) is 11.7 Å². The molecule has 1 saturated heterocycles. The molecule has 2 nitrogen and oxygen atoms in total. The van der Waals surface area contributed by atoms with Gasteiger partial charge in [-0.3, -0.25) is 4.98 Å². The van der Waals surface area contributed by atoms with Crippen LogP contribution in [0.4, 0.5) is 0 Å². The van der Waals surface area contributed by atoms with Gasteiger partial charge in [0.2, 0.25) is 0 Å². The summed E-state index contributed by atoms with van der Waals surface area (Å²) in [4.78, 5) is 5.61. The first kappa shape index (κ1) is 15.7. The first-order chi connectivity index (χ1) is 9.20. The number of rotatable bonds is 6. The number of hydrogen-bond acceptors (Lipinski definition) is 5. The molecular weight excluding hydrogens is 292 g/mol. The normalized spacial score (nSPS) is 29.3. The Balaban J connectivity index is 1.96. The first-order valence-electron chi connectivity index (χ1n) is 7.08. The fourth-order valence-corrected chi connectivity index (χ4v) is 6.03. The molecule has 0 aromatic carbocycles. The van der Waals surface area contributed by atoms with Crippen molar-refractivity contribution in [2.24, 2.45) is 0 Å². The predicted octanol–water partition coefficient (Wildman–Crippen LogP) is 3.68. The van der Waals surface area contributed by atoms with Gasteiger partial charge in [-0.15, -0.1) is 11.3 Å². The van der Waals surface area contributed by atoms with E-state index in [0.717, 1.165) is 28.7 Å². The summed E-state index contributed by atoms with van der Waals surface area (Å²) < 4.78 is 0. The highest BCUT2D eigenvalue weighted by Crippen LogP contribution is 2.37. The van der Waals surface area contributed by atoms with Crippen molar-refractivity contribution in [3.05, 3.63) is 16.6 Å². The van der Waals surface area contributed by atoms with Crippen molar-refractivity contribution in [3.8, 4) is 0 Å². The highest BCUT2D eigenvalue weighted by molar-refractivity contribution is 8.07. The van der Waals surface area contributed by atoms with Gasteiger partial charge in [0.25, 0.3) is 0 Å². The van der Waals surface area contributed by atoms with Gasteiger partial charge in [0, 0.05) is 38.6 Å². The van der Waals surface area contributed by atoms with Gasteiger partial charge >= 0.3 is 0 Å². The maximum Gasteiger partial charge on any atom is 0.0794 e. The molecule has 108 valence electrons. The zero-order chi connectivity index (χ0) is 13.7. The van der Waals surface area contributed by atoms with Crippen LogP contribution >= 0.6 is 34.9 Å². The van der Waals surface area contributed by atoms with Crippen LogP contribution in [0.25, 0.3) is 0 Å². The molecule has 1 aliphatic heterocycles. The number of hydrogen-bond donors (Lipinski definition) is 1. The van der Waals surface area contributed by atoms with Gasteiger partial charge < -0.3 is 5.32 Å². The molecule has 0 amide bonds. The Hall–Kier alpha value is 0.290. The van der Waals surface area contributed by atoms with E-state index in [9.17, 15) is 0 Å². The minimum atomic E-state index is 0.591. The molecule has 0 saturated carbocycles. The van der Waals surface area contributed by atoms with Crippen LogP contribution < -0.4 is 5.32 Å². The molecule has 1 N–H and O–H groups in total. The Morgan fingerprint density at radius 3 is 2.89 bits per heavy atom. The second-order valence-electron chi connectivity index (χ2n) is 5.15. The van der Waals surface area contributed by atoms with Crippen molar-refractivity contribution in [1.29, 1.82) is 0 Å². The van der Waals surface area contributed by atoms with Gasteiger partial charge in [-0.05, 0) is 19.4 Å². The SMILES string of the molecule is CCCNC(Cc1cncs1)C1CSC(C)C(C)S1. The summed E-state index contributed by atoms with van der Waals surface area (Å²) in [6.07, 6.45) is 4.36. The Morgan fingerprint density at radius 2 is 2.26 bits per heavy atom. The topological polar surface area (TPSA) is 24.9 Å². The van der Waals surface area contributed by atoms with E-state index in [0.29, 0.717) is 6.04 Å². The molecule has 0 radical (unpaired) electrons. The lowest BCUT2D eigenvalue weighted by Gasteiger charge is -2.36. The monoisotopic (exact) mass is 316 g/mol. The summed E-state index contributed by atoms with van der Waals surface area (Å²) in [6.45, 7) is 8.09. The van der Waals surface area contributed by atoms with Gasteiger partial charge in [-0.25, -0.2) is 0 Å². The molecule has 19 heavy (non-hydrogen) atoms. The number of thioether (sulfide) groups is 2. The Morgan fingerprint density at radius 1 is 1.42 bits per heavy atom. The van der Waals surface area contributed by atoms with E-state index >= 15 is 0 Å². The lowest BCUT2D eigenvalue weighted by molar-refractivity contribution is 0.506. The van der Waals surface area contributed by atoms with Crippen molar-refractivity contribution in [3.63, 3.8) is 0 Å². The molecule has 2 rings (SSSR count). The zero-order valence-electron chi connectivity index (χ0n) is 12.0. The molecule has 1 aliphatic rings. The highest BCUT2D eigenvalue weighted by atomic mass is 32.2. The molecule has 5 heteroatoms. The maximum atomic E-state index is 4.21. The first-order valence-corrected chi connectivity index (χ1v) is 9.95. The summed E-state index contributed by atoms with van der Waals surface area (Å²) in [5.74, 6) is 1.27. The number of nitrogens with one attached hydrogen (secondary N) is 1. The molecule has 0 aliphatic carbocycles. The lowest BCUT2D eigenvalue weighted by atomic mass is 10.1. The van der Waals surface area contributed by atoms with Crippen LogP contribution in [0.1, 0.15) is 32.1 Å². The van der Waals surface area contributed by atoms with Crippen molar-refractivity contribution in [2.75, 3.05) is 12.3 Å². The van der Waals surface area contributed by atoms with E-state index in [1.54, 1.807) is 11.3 Å². The van der Waals surface area contributed by atoms with Gasteiger partial charge in [-0.1, -0.05) is 20.8 Å². The van der Waals surface area contributed by atoms with Crippen LogP contribution in [-0.4, -0.2) is 39.1 Å². The average molecular weight is 317 g/mol. The highest BCUT2D eigenvalue weighted by Gasteiger charge is 2.31. The Kier molecular flexibility index (Phi) is 6.53. The maximum absolute atomic E-state index is 4.21. The average Bonchev–Trinajstić information content (AvgIpc) is 2.91. The summed E-state index contributed by atoms with van der Waals surface area (Å²) in [6, 6.07) is 0.591. The second kappa shape index (κ2) is 7.91. The Labute approximate surface area is 129 Å². The molecule has 2 heterocycles. The molecule has 4 unspecified atom stereocenters. The quantitative estimate of drug-likeness (QED) is 0.865. The van der Waals surface area contributed by atoms with E-state index in [1.807, 2.05) is 11.7 Å². The van der Waals surface area contributed by atoms with Crippen LogP contribution in [0, 0.1) is 0 Å². The molecule has 1 aromatic heterocycles. The third-order valence-electron chi connectivity index (χ3n) is 3.58. The van der Waals surface area contributed by atoms with E-state index < -0.39 is 0 Å². The van der Waals surface area contributed by atoms with E-state index in [2.05, 4.69) is 54.6 Å². The fraction of sp³-hybridized carbons (Fsp3) is 0.786. The number of nitrogens with zero attached hydrogens (tertiary/aromatic N) is 1. The molecule has 4 atom stereocenters. The van der Waals surface area contributed by atoms with Crippen LogP contribution in [0.3, 0.4) is 0 Å². The smallest absolute Gasteiger partial charge is 0.0794 e. The van der Waals surface area contributed by atoms with Crippen LogP contribution in [0.2, 0.25) is 0 Å². The van der Waals surface area contributed by atoms with Crippen LogP contribution in [-0.2, 0) is 6.42 Å². The van der Waals surface area contributed by atoms with Gasteiger partial charge in [0.15, 0.2) is 0 Å². The third kappa shape index (κ3) is 4.66. The lowest BCUT2D eigenvalue weighted by Crippen LogP contribution is -2.44. The van der Waals surface area contributed by atoms with Crippen molar-refractivity contribution >= 4 is 34.9 Å². The molecule has 0 bridgehead atoms. The van der Waals surface area contributed by atoms with Gasteiger partial charge in [0.05, 0.1) is 5.51 Å². The van der Waals surface area contributed by atoms with E-state index in [1.165, 1.54) is 17.1 Å². The van der Waals surface area contributed by atoms with E-state index in [4.69, 9.17) is 0 Å². The van der Waals surface area contributed by atoms with Crippen molar-refractivity contribution in [2.45, 2.75) is 55.4 Å². The minimum absolute atomic E-state index is 0.591. The number of aromatic nitrogens is 1. The second-order valence-corrected chi connectivity index (χ2v) is 9.15. The molecule has 0 spiro atoms. The van der Waals surface area contributed by atoms with Crippen molar-refractivity contribution in [1.82, 2.24) is 10.3 Å². The molecule has 1 fully saturated rings. The fourth-order valence-electron chi connectivity index (χ4n) is 2.24. The summed E-state index contributed by atoms with van der Waals surface area (Å²) in [5, 5.41) is 6.03. The molecular formula is C14H24N2S3. The minimum Gasteiger partial charge on any atom is -0.312 e. The third-order valence-corrected chi connectivity index (χ3v) is 7.94. The van der Waals surface area contributed by atoms with Gasteiger partial charge in [0.1, 0.15) is 0 Å². The predicted molar refractivity (Wildman–Crippen MR) is 90.7 cm³/mol. The summed E-state index contributed by atoms with van der Waals surface area (Å²) in [7, 11) is 0. The van der Waals surface area contributed by atoms with E-state index in [-0.39, 0.29) is 0 Å². The zero-order valence-corrected chi connectivity index (χ0v) is 14.4. The van der Waals surface area contributed by atoms with Crippen molar-refractivity contribution < 1.29 is 0 Å². The molecule has 1 aromatic rings. The summed E-state index contributed by atoms with van der Waals surface area (Å²) >= 11 is 6.09. The van der Waals surface area contributed by atoms with Gasteiger partial charge in [-0.2, -0.15) is 23.5 Å².